The van der Waals surface area contributed by atoms with E-state index in [1.807, 2.05) is 6.07 Å². The molecule has 0 radical (unpaired) electrons. The van der Waals surface area contributed by atoms with Gasteiger partial charge in [-0.3, -0.25) is 0 Å². The Morgan fingerprint density at radius 1 is 1.35 bits per heavy atom. The summed E-state index contributed by atoms with van der Waals surface area (Å²) in [4.78, 5) is 12.1. The fourth-order valence-electron chi connectivity index (χ4n) is 1.45. The molecule has 1 N–H and O–H groups in total. The molecule has 0 aliphatic rings. The lowest BCUT2D eigenvalue weighted by atomic mass is 10.1. The Labute approximate surface area is 100 Å². The standard InChI is InChI=1S/C12H6FNO2S/c13-7-1-3-9(10(5-7)12(15)16)11-4-2-8(6-14)17-11/h1-5H,(H,15,16). The summed E-state index contributed by atoms with van der Waals surface area (Å²) in [6.45, 7) is 0. The number of thiophene rings is 1. The highest BCUT2D eigenvalue weighted by Gasteiger charge is 2.14. The fourth-order valence-corrected chi connectivity index (χ4v) is 2.29. The van der Waals surface area contributed by atoms with Gasteiger partial charge in [-0.05, 0) is 30.3 Å². The van der Waals surface area contributed by atoms with Crippen LogP contribution in [0.2, 0.25) is 0 Å². The summed E-state index contributed by atoms with van der Waals surface area (Å²) in [5, 5.41) is 17.7. The lowest BCUT2D eigenvalue weighted by Gasteiger charge is -2.03. The molecular formula is C12H6FNO2S. The largest absolute Gasteiger partial charge is 0.478 e. The second-order valence-corrected chi connectivity index (χ2v) is 4.35. The van der Waals surface area contributed by atoms with Crippen LogP contribution in [-0.2, 0) is 0 Å². The number of rotatable bonds is 2. The molecule has 1 aromatic heterocycles. The van der Waals surface area contributed by atoms with E-state index in [2.05, 4.69) is 0 Å². The predicted molar refractivity (Wildman–Crippen MR) is 61.4 cm³/mol. The minimum absolute atomic E-state index is 0.101. The van der Waals surface area contributed by atoms with Gasteiger partial charge in [0.25, 0.3) is 0 Å². The summed E-state index contributed by atoms with van der Waals surface area (Å²) in [6, 6.07) is 8.82. The van der Waals surface area contributed by atoms with E-state index in [9.17, 15) is 9.18 Å². The van der Waals surface area contributed by atoms with Gasteiger partial charge in [0.1, 0.15) is 16.8 Å². The molecule has 0 saturated heterocycles. The summed E-state index contributed by atoms with van der Waals surface area (Å²) in [5.41, 5.74) is 0.321. The number of carboxylic acids is 1. The van der Waals surface area contributed by atoms with Crippen LogP contribution in [-0.4, -0.2) is 11.1 Å². The number of nitriles is 1. The minimum Gasteiger partial charge on any atom is -0.478 e. The average molecular weight is 247 g/mol. The quantitative estimate of drug-likeness (QED) is 0.886. The van der Waals surface area contributed by atoms with Crippen molar-refractivity contribution in [1.82, 2.24) is 0 Å². The molecule has 17 heavy (non-hydrogen) atoms. The zero-order chi connectivity index (χ0) is 12.4. The van der Waals surface area contributed by atoms with Gasteiger partial charge in [-0.2, -0.15) is 5.26 Å². The van der Waals surface area contributed by atoms with Crippen molar-refractivity contribution in [1.29, 1.82) is 5.26 Å². The van der Waals surface area contributed by atoms with Crippen LogP contribution < -0.4 is 0 Å². The topological polar surface area (TPSA) is 61.1 Å². The molecule has 0 spiro atoms. The first-order valence-electron chi connectivity index (χ1n) is 4.65. The van der Waals surface area contributed by atoms with Gasteiger partial charge >= 0.3 is 5.97 Å². The van der Waals surface area contributed by atoms with Crippen LogP contribution in [0.1, 0.15) is 15.2 Å². The summed E-state index contributed by atoms with van der Waals surface area (Å²) < 4.78 is 13.0. The number of carbonyl (C=O) groups is 1. The predicted octanol–water partition coefficient (Wildman–Crippen LogP) is 3.12. The zero-order valence-electron chi connectivity index (χ0n) is 8.48. The van der Waals surface area contributed by atoms with Crippen molar-refractivity contribution >= 4 is 17.3 Å². The van der Waals surface area contributed by atoms with E-state index in [4.69, 9.17) is 10.4 Å². The Bertz CT molecular complexity index is 628. The van der Waals surface area contributed by atoms with Gasteiger partial charge in [0, 0.05) is 10.4 Å². The third-order valence-electron chi connectivity index (χ3n) is 2.19. The van der Waals surface area contributed by atoms with Gasteiger partial charge in [0.2, 0.25) is 0 Å². The SMILES string of the molecule is N#Cc1ccc(-c2ccc(F)cc2C(=O)O)s1. The van der Waals surface area contributed by atoms with Crippen molar-refractivity contribution in [2.45, 2.75) is 0 Å². The molecule has 2 aromatic rings. The van der Waals surface area contributed by atoms with Crippen molar-refractivity contribution in [3.8, 4) is 16.5 Å². The maximum Gasteiger partial charge on any atom is 0.336 e. The lowest BCUT2D eigenvalue weighted by Crippen LogP contribution is -1.99. The molecule has 0 atom stereocenters. The van der Waals surface area contributed by atoms with Gasteiger partial charge in [-0.25, -0.2) is 9.18 Å². The van der Waals surface area contributed by atoms with Gasteiger partial charge < -0.3 is 5.11 Å². The number of aromatic carboxylic acids is 1. The number of halogens is 1. The maximum atomic E-state index is 13.0. The van der Waals surface area contributed by atoms with E-state index in [1.165, 1.54) is 23.5 Å². The summed E-state index contributed by atoms with van der Waals surface area (Å²) >= 11 is 1.18. The molecule has 5 heteroatoms. The van der Waals surface area contributed by atoms with Crippen molar-refractivity contribution < 1.29 is 14.3 Å². The van der Waals surface area contributed by atoms with Gasteiger partial charge in [-0.1, -0.05) is 0 Å². The molecule has 1 heterocycles. The highest BCUT2D eigenvalue weighted by molar-refractivity contribution is 7.16. The Morgan fingerprint density at radius 2 is 2.12 bits per heavy atom. The molecule has 0 bridgehead atoms. The summed E-state index contributed by atoms with van der Waals surface area (Å²) in [7, 11) is 0. The lowest BCUT2D eigenvalue weighted by molar-refractivity contribution is 0.0697. The number of nitrogens with zero attached hydrogens (tertiary/aromatic N) is 1. The molecule has 3 nitrogen and oxygen atoms in total. The normalized spacial score (nSPS) is 9.88. The number of carboxylic acid groups (broad SMARTS) is 1. The summed E-state index contributed by atoms with van der Waals surface area (Å²) in [6.07, 6.45) is 0. The Morgan fingerprint density at radius 3 is 2.71 bits per heavy atom. The highest BCUT2D eigenvalue weighted by Crippen LogP contribution is 2.30. The van der Waals surface area contributed by atoms with Crippen LogP contribution in [0.15, 0.2) is 30.3 Å². The van der Waals surface area contributed by atoms with Crippen LogP contribution in [0.5, 0.6) is 0 Å². The van der Waals surface area contributed by atoms with E-state index in [0.717, 1.165) is 6.07 Å². The Kier molecular flexibility index (Phi) is 2.90. The first-order valence-corrected chi connectivity index (χ1v) is 5.46. The molecule has 0 aliphatic carbocycles. The van der Waals surface area contributed by atoms with E-state index in [1.54, 1.807) is 12.1 Å². The molecule has 0 fully saturated rings. The Balaban J connectivity index is 2.59. The minimum atomic E-state index is -1.19. The van der Waals surface area contributed by atoms with Crippen LogP contribution in [0, 0.1) is 17.1 Å². The average Bonchev–Trinajstić information content (AvgIpc) is 2.77. The molecular weight excluding hydrogens is 241 g/mol. The van der Waals surface area contributed by atoms with Crippen LogP contribution in [0.25, 0.3) is 10.4 Å². The van der Waals surface area contributed by atoms with E-state index < -0.39 is 11.8 Å². The molecule has 0 aliphatic heterocycles. The molecule has 0 amide bonds. The third kappa shape index (κ3) is 2.17. The molecule has 1 aromatic carbocycles. The molecule has 84 valence electrons. The van der Waals surface area contributed by atoms with Crippen molar-refractivity contribution in [2.75, 3.05) is 0 Å². The molecule has 0 saturated carbocycles. The monoisotopic (exact) mass is 247 g/mol. The fraction of sp³-hybridized carbons (Fsp3) is 0. The van der Waals surface area contributed by atoms with Crippen LogP contribution in [0.4, 0.5) is 4.39 Å². The number of hydrogen-bond acceptors (Lipinski definition) is 3. The molecule has 2 rings (SSSR count). The van der Waals surface area contributed by atoms with E-state index in [0.29, 0.717) is 15.3 Å². The first kappa shape index (κ1) is 11.3. The Hall–Kier alpha value is -2.19. The highest BCUT2D eigenvalue weighted by atomic mass is 32.1. The third-order valence-corrected chi connectivity index (χ3v) is 3.22. The molecule has 0 unspecified atom stereocenters. The number of benzene rings is 1. The zero-order valence-corrected chi connectivity index (χ0v) is 9.29. The van der Waals surface area contributed by atoms with Gasteiger partial charge in [0.15, 0.2) is 0 Å². The van der Waals surface area contributed by atoms with Gasteiger partial charge in [0.05, 0.1) is 5.56 Å². The first-order chi connectivity index (χ1) is 8.11. The number of hydrogen-bond donors (Lipinski definition) is 1. The maximum absolute atomic E-state index is 13.0. The van der Waals surface area contributed by atoms with E-state index in [-0.39, 0.29) is 5.56 Å². The van der Waals surface area contributed by atoms with Crippen LogP contribution in [0.3, 0.4) is 0 Å². The summed E-state index contributed by atoms with van der Waals surface area (Å²) in [5.74, 6) is -1.78. The van der Waals surface area contributed by atoms with Crippen molar-refractivity contribution in [3.05, 3.63) is 46.6 Å². The van der Waals surface area contributed by atoms with Crippen molar-refractivity contribution in [3.63, 3.8) is 0 Å². The second-order valence-electron chi connectivity index (χ2n) is 3.27. The van der Waals surface area contributed by atoms with E-state index >= 15 is 0 Å². The van der Waals surface area contributed by atoms with Crippen LogP contribution >= 0.6 is 11.3 Å². The smallest absolute Gasteiger partial charge is 0.336 e. The second kappa shape index (κ2) is 4.36. The van der Waals surface area contributed by atoms with Gasteiger partial charge in [-0.15, -0.1) is 11.3 Å². The van der Waals surface area contributed by atoms with Crippen molar-refractivity contribution in [2.24, 2.45) is 0 Å².